The van der Waals surface area contributed by atoms with Gasteiger partial charge in [0.2, 0.25) is 5.89 Å². The molecule has 0 aliphatic carbocycles. The lowest BCUT2D eigenvalue weighted by atomic mass is 10.1. The van der Waals surface area contributed by atoms with Gasteiger partial charge in [0.05, 0.1) is 19.8 Å². The number of halogens is 3. The van der Waals surface area contributed by atoms with E-state index in [9.17, 15) is 18.0 Å². The van der Waals surface area contributed by atoms with Gasteiger partial charge in [-0.1, -0.05) is 12.1 Å². The molecule has 5 nitrogen and oxygen atoms in total. The molecule has 0 atom stereocenters. The smallest absolute Gasteiger partial charge is 0.387 e. The van der Waals surface area contributed by atoms with E-state index in [2.05, 4.69) is 9.72 Å². The highest BCUT2D eigenvalue weighted by molar-refractivity contribution is 5.70. The average molecular weight is 379 g/mol. The Balaban J connectivity index is 0.00000126. The van der Waals surface area contributed by atoms with Crippen LogP contribution in [0.2, 0.25) is 0 Å². The molecular formula is C19H16F3NO4. The van der Waals surface area contributed by atoms with E-state index in [1.165, 1.54) is 18.3 Å². The Morgan fingerprint density at radius 3 is 2.22 bits per heavy atom. The molecule has 1 heterocycles. The van der Waals surface area contributed by atoms with E-state index in [0.717, 1.165) is 0 Å². The Labute approximate surface area is 153 Å². The third-order valence-electron chi connectivity index (χ3n) is 3.43. The van der Waals surface area contributed by atoms with Gasteiger partial charge in [0.15, 0.2) is 5.76 Å². The van der Waals surface area contributed by atoms with Crippen LogP contribution in [0.25, 0.3) is 22.8 Å². The highest BCUT2D eigenvalue weighted by atomic mass is 19.3. The van der Waals surface area contributed by atoms with E-state index in [0.29, 0.717) is 35.5 Å². The molecule has 1 aromatic heterocycles. The maximum absolute atomic E-state index is 12.2. The van der Waals surface area contributed by atoms with Crippen LogP contribution in [-0.2, 0) is 11.2 Å². The molecule has 27 heavy (non-hydrogen) atoms. The summed E-state index contributed by atoms with van der Waals surface area (Å²) in [5.74, 6) is 0.0240. The van der Waals surface area contributed by atoms with E-state index in [4.69, 9.17) is 9.52 Å². The molecule has 0 fully saturated rings. The predicted molar refractivity (Wildman–Crippen MR) is 92.4 cm³/mol. The van der Waals surface area contributed by atoms with Crippen LogP contribution in [-0.4, -0.2) is 29.8 Å². The van der Waals surface area contributed by atoms with Gasteiger partial charge in [0.25, 0.3) is 0 Å². The van der Waals surface area contributed by atoms with E-state index >= 15 is 0 Å². The Morgan fingerprint density at radius 2 is 1.67 bits per heavy atom. The lowest BCUT2D eigenvalue weighted by Crippen LogP contribution is -2.01. The molecule has 3 aromatic rings. The number of aromatic nitrogens is 1. The summed E-state index contributed by atoms with van der Waals surface area (Å²) < 4.78 is 43.8. The third-order valence-corrected chi connectivity index (χ3v) is 3.43. The molecule has 0 bridgehead atoms. The Hall–Kier alpha value is -3.29. The lowest BCUT2D eigenvalue weighted by Gasteiger charge is -2.04. The van der Waals surface area contributed by atoms with Gasteiger partial charge < -0.3 is 14.3 Å². The Morgan fingerprint density at radius 1 is 1.07 bits per heavy atom. The van der Waals surface area contributed by atoms with Gasteiger partial charge in [-0.15, -0.1) is 0 Å². The summed E-state index contributed by atoms with van der Waals surface area (Å²) in [4.78, 5) is 14.9. The number of rotatable bonds is 6. The lowest BCUT2D eigenvalue weighted by molar-refractivity contribution is -0.136. The number of hydrogen-bond acceptors (Lipinski definition) is 4. The molecule has 2 aromatic carbocycles. The van der Waals surface area contributed by atoms with Crippen LogP contribution < -0.4 is 4.74 Å². The predicted octanol–water partition coefficient (Wildman–Crippen LogP) is 4.82. The van der Waals surface area contributed by atoms with Crippen molar-refractivity contribution in [2.24, 2.45) is 0 Å². The van der Waals surface area contributed by atoms with Gasteiger partial charge in [0.1, 0.15) is 5.75 Å². The van der Waals surface area contributed by atoms with Crippen molar-refractivity contribution in [2.75, 3.05) is 7.18 Å². The van der Waals surface area contributed by atoms with Crippen molar-refractivity contribution in [1.82, 2.24) is 4.98 Å². The normalized spacial score (nSPS) is 10.3. The number of alkyl halides is 3. The van der Waals surface area contributed by atoms with Crippen molar-refractivity contribution in [3.05, 3.63) is 60.3 Å². The molecule has 0 radical (unpaired) electrons. The first-order valence-electron chi connectivity index (χ1n) is 7.71. The van der Waals surface area contributed by atoms with Gasteiger partial charge in [-0.05, 0) is 42.0 Å². The monoisotopic (exact) mass is 379 g/mol. The van der Waals surface area contributed by atoms with Crippen LogP contribution in [0.1, 0.15) is 5.56 Å². The Bertz CT molecular complexity index is 861. The second kappa shape index (κ2) is 9.42. The van der Waals surface area contributed by atoms with E-state index in [-0.39, 0.29) is 12.2 Å². The minimum absolute atomic E-state index is 0.0514. The van der Waals surface area contributed by atoms with Crippen molar-refractivity contribution in [1.29, 1.82) is 0 Å². The van der Waals surface area contributed by atoms with Crippen LogP contribution in [0.5, 0.6) is 5.75 Å². The second-order valence-corrected chi connectivity index (χ2v) is 5.20. The van der Waals surface area contributed by atoms with E-state index in [1.807, 2.05) is 0 Å². The number of aliphatic carboxylic acids is 1. The van der Waals surface area contributed by atoms with Crippen LogP contribution in [0, 0.1) is 0 Å². The maximum atomic E-state index is 12.2. The van der Waals surface area contributed by atoms with Gasteiger partial charge in [0, 0.05) is 11.1 Å². The molecule has 0 aliphatic heterocycles. The molecule has 0 amide bonds. The zero-order valence-electron chi connectivity index (χ0n) is 14.2. The summed E-state index contributed by atoms with van der Waals surface area (Å²) >= 11 is 0. The quantitative estimate of drug-likeness (QED) is 0.665. The number of benzene rings is 2. The van der Waals surface area contributed by atoms with Crippen LogP contribution in [0.3, 0.4) is 0 Å². The maximum Gasteiger partial charge on any atom is 0.387 e. The number of oxazole rings is 1. The molecule has 3 rings (SSSR count). The zero-order chi connectivity index (χ0) is 19.8. The van der Waals surface area contributed by atoms with E-state index in [1.54, 1.807) is 36.4 Å². The minimum atomic E-state index is -2.87. The summed E-state index contributed by atoms with van der Waals surface area (Å²) in [7, 11) is 0.500. The molecule has 0 spiro atoms. The van der Waals surface area contributed by atoms with Crippen molar-refractivity contribution in [2.45, 2.75) is 13.0 Å². The topological polar surface area (TPSA) is 72.6 Å². The number of carboxylic acid groups (broad SMARTS) is 1. The van der Waals surface area contributed by atoms with Crippen LogP contribution in [0.4, 0.5) is 13.2 Å². The third kappa shape index (κ3) is 5.60. The molecule has 0 aliphatic rings. The molecule has 142 valence electrons. The SMILES string of the molecule is CF.O=C(O)Cc1ccc(-c2ncc(-c3ccc(OC(F)F)cc3)o2)cc1. The van der Waals surface area contributed by atoms with Gasteiger partial charge in [-0.2, -0.15) is 8.78 Å². The molecule has 0 saturated carbocycles. The van der Waals surface area contributed by atoms with Crippen molar-refractivity contribution < 1.29 is 32.2 Å². The Kier molecular flexibility index (Phi) is 6.99. The fourth-order valence-electron chi connectivity index (χ4n) is 2.28. The summed E-state index contributed by atoms with van der Waals surface area (Å²) in [5.41, 5.74) is 2.05. The first-order chi connectivity index (χ1) is 13.0. The van der Waals surface area contributed by atoms with Gasteiger partial charge in [-0.25, -0.2) is 4.98 Å². The number of carbonyl (C=O) groups is 1. The fourth-order valence-corrected chi connectivity index (χ4v) is 2.28. The molecule has 1 N–H and O–H groups in total. The first-order valence-corrected chi connectivity index (χ1v) is 7.71. The number of hydrogen-bond donors (Lipinski definition) is 1. The number of ether oxygens (including phenoxy) is 1. The molecular weight excluding hydrogens is 363 g/mol. The number of nitrogens with zero attached hydrogens (tertiary/aromatic N) is 1. The average Bonchev–Trinajstić information content (AvgIpc) is 3.14. The van der Waals surface area contributed by atoms with Crippen LogP contribution >= 0.6 is 0 Å². The van der Waals surface area contributed by atoms with Gasteiger partial charge >= 0.3 is 12.6 Å². The highest BCUT2D eigenvalue weighted by Crippen LogP contribution is 2.28. The fraction of sp³-hybridized carbons (Fsp3) is 0.158. The summed E-state index contributed by atoms with van der Waals surface area (Å²) in [5, 5.41) is 8.77. The first kappa shape index (κ1) is 20.0. The second-order valence-electron chi connectivity index (χ2n) is 5.20. The standard InChI is InChI=1S/C18H13F2NO4.CH3F/c19-18(20)24-14-7-5-12(6-8-14)15-10-21-17(25-15)13-3-1-11(2-4-13)9-16(22)23;1-2/h1-8,10,18H,9H2,(H,22,23);1H3. The van der Waals surface area contributed by atoms with Crippen LogP contribution in [0.15, 0.2) is 59.1 Å². The highest BCUT2D eigenvalue weighted by Gasteiger charge is 2.10. The van der Waals surface area contributed by atoms with Gasteiger partial charge in [-0.3, -0.25) is 9.18 Å². The zero-order valence-corrected chi connectivity index (χ0v) is 14.2. The summed E-state index contributed by atoms with van der Waals surface area (Å²) in [6.45, 7) is -2.87. The van der Waals surface area contributed by atoms with E-state index < -0.39 is 12.6 Å². The van der Waals surface area contributed by atoms with Crippen molar-refractivity contribution in [3.8, 4) is 28.5 Å². The van der Waals surface area contributed by atoms with Crippen molar-refractivity contribution >= 4 is 5.97 Å². The largest absolute Gasteiger partial charge is 0.481 e. The summed E-state index contributed by atoms with van der Waals surface area (Å²) in [6.07, 6.45) is 1.48. The molecule has 8 heteroatoms. The number of carboxylic acids is 1. The summed E-state index contributed by atoms with van der Waals surface area (Å²) in [6, 6.07) is 12.9. The van der Waals surface area contributed by atoms with Crippen molar-refractivity contribution in [3.63, 3.8) is 0 Å². The molecule has 0 unspecified atom stereocenters. The molecule has 0 saturated heterocycles. The minimum Gasteiger partial charge on any atom is -0.481 e.